The van der Waals surface area contributed by atoms with E-state index < -0.39 is 0 Å². The van der Waals surface area contributed by atoms with Gasteiger partial charge in [0, 0.05) is 7.05 Å². The SMILES string of the molecule is CC1CCC(C(Cl)c2ccc3c(c2)oc(=O)n3C)CC1. The van der Waals surface area contributed by atoms with Crippen molar-refractivity contribution < 1.29 is 4.42 Å². The highest BCUT2D eigenvalue weighted by Crippen LogP contribution is 2.40. The zero-order valence-corrected chi connectivity index (χ0v) is 12.7. The number of oxazole rings is 1. The van der Waals surface area contributed by atoms with Crippen molar-refractivity contribution in [3.8, 4) is 0 Å². The highest BCUT2D eigenvalue weighted by molar-refractivity contribution is 6.21. The van der Waals surface area contributed by atoms with E-state index in [1.807, 2.05) is 18.2 Å². The molecule has 108 valence electrons. The van der Waals surface area contributed by atoms with Gasteiger partial charge in [-0.25, -0.2) is 4.79 Å². The van der Waals surface area contributed by atoms with E-state index in [4.69, 9.17) is 16.0 Å². The highest BCUT2D eigenvalue weighted by atomic mass is 35.5. The summed E-state index contributed by atoms with van der Waals surface area (Å²) in [6, 6.07) is 5.87. The van der Waals surface area contributed by atoms with Crippen molar-refractivity contribution in [3.63, 3.8) is 0 Å². The molecule has 1 aromatic heterocycles. The van der Waals surface area contributed by atoms with Crippen LogP contribution in [0.2, 0.25) is 0 Å². The maximum atomic E-state index is 11.5. The van der Waals surface area contributed by atoms with E-state index in [-0.39, 0.29) is 11.1 Å². The Balaban J connectivity index is 1.88. The number of halogens is 1. The van der Waals surface area contributed by atoms with Gasteiger partial charge < -0.3 is 4.42 Å². The summed E-state index contributed by atoms with van der Waals surface area (Å²) in [6.07, 6.45) is 4.89. The van der Waals surface area contributed by atoms with Crippen LogP contribution in [-0.4, -0.2) is 4.57 Å². The molecular weight excluding hydrogens is 274 g/mol. The van der Waals surface area contributed by atoms with E-state index in [1.165, 1.54) is 30.3 Å². The molecular formula is C16H20ClNO2. The van der Waals surface area contributed by atoms with Crippen molar-refractivity contribution in [3.05, 3.63) is 34.3 Å². The standard InChI is InChI=1S/C16H20ClNO2/c1-10-3-5-11(6-4-10)15(17)12-7-8-13-14(9-12)20-16(19)18(13)2/h7-11,15H,3-6H2,1-2H3. The molecule has 1 aliphatic rings. The Hall–Kier alpha value is -1.22. The Labute approximate surface area is 123 Å². The van der Waals surface area contributed by atoms with E-state index in [0.29, 0.717) is 11.5 Å². The van der Waals surface area contributed by atoms with Crippen LogP contribution in [0, 0.1) is 11.8 Å². The Morgan fingerprint density at radius 3 is 2.70 bits per heavy atom. The van der Waals surface area contributed by atoms with Crippen LogP contribution < -0.4 is 5.76 Å². The lowest BCUT2D eigenvalue weighted by Crippen LogP contribution is -2.16. The predicted molar refractivity (Wildman–Crippen MR) is 81.2 cm³/mol. The second-order valence-electron chi connectivity index (χ2n) is 6.08. The molecule has 1 saturated carbocycles. The molecule has 1 heterocycles. The molecule has 1 unspecified atom stereocenters. The van der Waals surface area contributed by atoms with Crippen LogP contribution >= 0.6 is 11.6 Å². The number of alkyl halides is 1. The molecule has 0 N–H and O–H groups in total. The van der Waals surface area contributed by atoms with Gasteiger partial charge in [-0.1, -0.05) is 25.8 Å². The van der Waals surface area contributed by atoms with Gasteiger partial charge in [0.1, 0.15) is 0 Å². The van der Waals surface area contributed by atoms with Crippen LogP contribution in [0.1, 0.15) is 43.5 Å². The number of benzene rings is 1. The number of hydrogen-bond donors (Lipinski definition) is 0. The van der Waals surface area contributed by atoms with Crippen molar-refractivity contribution in [2.45, 2.75) is 38.0 Å². The summed E-state index contributed by atoms with van der Waals surface area (Å²) in [6.45, 7) is 2.31. The predicted octanol–water partition coefficient (Wildman–Crippen LogP) is 4.24. The van der Waals surface area contributed by atoms with Gasteiger partial charge in [0.05, 0.1) is 10.9 Å². The summed E-state index contributed by atoms with van der Waals surface area (Å²) >= 11 is 6.65. The molecule has 1 aromatic carbocycles. The molecule has 20 heavy (non-hydrogen) atoms. The Kier molecular flexibility index (Phi) is 3.63. The summed E-state index contributed by atoms with van der Waals surface area (Å²) in [5.41, 5.74) is 2.51. The molecule has 3 rings (SSSR count). The van der Waals surface area contributed by atoms with Crippen LogP contribution in [0.15, 0.2) is 27.4 Å². The normalized spacial score (nSPS) is 24.9. The molecule has 0 amide bonds. The van der Waals surface area contributed by atoms with Gasteiger partial charge in [-0.2, -0.15) is 0 Å². The Bertz CT molecular complexity index is 665. The minimum absolute atomic E-state index is 0.0115. The van der Waals surface area contributed by atoms with Crippen molar-refractivity contribution in [1.29, 1.82) is 0 Å². The zero-order chi connectivity index (χ0) is 14.3. The molecule has 1 atom stereocenters. The number of rotatable bonds is 2. The largest absolute Gasteiger partial charge is 0.419 e. The number of fused-ring (bicyclic) bond motifs is 1. The Morgan fingerprint density at radius 2 is 2.00 bits per heavy atom. The third-order valence-corrected chi connectivity index (χ3v) is 5.22. The molecule has 3 nitrogen and oxygen atoms in total. The molecule has 0 spiro atoms. The van der Waals surface area contributed by atoms with E-state index in [0.717, 1.165) is 17.0 Å². The maximum absolute atomic E-state index is 11.5. The lowest BCUT2D eigenvalue weighted by atomic mass is 9.80. The lowest BCUT2D eigenvalue weighted by molar-refractivity contribution is 0.283. The molecule has 2 aromatic rings. The van der Waals surface area contributed by atoms with E-state index in [2.05, 4.69) is 6.92 Å². The van der Waals surface area contributed by atoms with Crippen molar-refractivity contribution in [1.82, 2.24) is 4.57 Å². The van der Waals surface area contributed by atoms with Crippen LogP contribution in [0.25, 0.3) is 11.1 Å². The lowest BCUT2D eigenvalue weighted by Gasteiger charge is -2.29. The summed E-state index contributed by atoms with van der Waals surface area (Å²) in [5, 5.41) is 0.0115. The van der Waals surface area contributed by atoms with Crippen LogP contribution in [0.5, 0.6) is 0 Å². The quantitative estimate of drug-likeness (QED) is 0.776. The summed E-state index contributed by atoms with van der Waals surface area (Å²) < 4.78 is 6.76. The molecule has 4 heteroatoms. The van der Waals surface area contributed by atoms with E-state index >= 15 is 0 Å². The second-order valence-corrected chi connectivity index (χ2v) is 6.55. The maximum Gasteiger partial charge on any atom is 0.419 e. The number of aryl methyl sites for hydroxylation is 1. The fraction of sp³-hybridized carbons (Fsp3) is 0.562. The highest BCUT2D eigenvalue weighted by Gasteiger charge is 2.26. The summed E-state index contributed by atoms with van der Waals surface area (Å²) in [5.74, 6) is 1.03. The zero-order valence-electron chi connectivity index (χ0n) is 11.9. The average Bonchev–Trinajstić information content (AvgIpc) is 2.74. The minimum atomic E-state index is -0.324. The van der Waals surface area contributed by atoms with Gasteiger partial charge in [-0.3, -0.25) is 4.57 Å². The van der Waals surface area contributed by atoms with Gasteiger partial charge in [0.25, 0.3) is 0 Å². The smallest absolute Gasteiger partial charge is 0.408 e. The number of aromatic nitrogens is 1. The minimum Gasteiger partial charge on any atom is -0.408 e. The van der Waals surface area contributed by atoms with E-state index in [1.54, 1.807) is 7.05 Å². The topological polar surface area (TPSA) is 35.1 Å². The average molecular weight is 294 g/mol. The van der Waals surface area contributed by atoms with Gasteiger partial charge in [0.15, 0.2) is 5.58 Å². The number of hydrogen-bond acceptors (Lipinski definition) is 2. The summed E-state index contributed by atoms with van der Waals surface area (Å²) in [7, 11) is 1.72. The van der Waals surface area contributed by atoms with E-state index in [9.17, 15) is 4.79 Å². The molecule has 1 fully saturated rings. The number of nitrogens with zero attached hydrogens (tertiary/aromatic N) is 1. The first-order chi connectivity index (χ1) is 9.56. The van der Waals surface area contributed by atoms with Crippen molar-refractivity contribution >= 4 is 22.7 Å². The van der Waals surface area contributed by atoms with Crippen LogP contribution in [0.4, 0.5) is 0 Å². The third-order valence-electron chi connectivity index (χ3n) is 4.61. The first-order valence-electron chi connectivity index (χ1n) is 7.30. The van der Waals surface area contributed by atoms with Crippen molar-refractivity contribution in [2.75, 3.05) is 0 Å². The fourth-order valence-corrected chi connectivity index (χ4v) is 3.56. The van der Waals surface area contributed by atoms with Gasteiger partial charge in [-0.05, 0) is 42.4 Å². The van der Waals surface area contributed by atoms with Crippen molar-refractivity contribution in [2.24, 2.45) is 18.9 Å². The van der Waals surface area contributed by atoms with Crippen LogP contribution in [-0.2, 0) is 7.05 Å². The fourth-order valence-electron chi connectivity index (χ4n) is 3.17. The monoisotopic (exact) mass is 293 g/mol. The van der Waals surface area contributed by atoms with Crippen LogP contribution in [0.3, 0.4) is 0 Å². The molecule has 0 bridgehead atoms. The molecule has 1 aliphatic carbocycles. The molecule has 0 aliphatic heterocycles. The second kappa shape index (κ2) is 5.28. The Morgan fingerprint density at radius 1 is 1.30 bits per heavy atom. The molecule has 0 saturated heterocycles. The molecule has 0 radical (unpaired) electrons. The van der Waals surface area contributed by atoms with Gasteiger partial charge >= 0.3 is 5.76 Å². The van der Waals surface area contributed by atoms with Gasteiger partial charge in [0.2, 0.25) is 0 Å². The summed E-state index contributed by atoms with van der Waals surface area (Å²) in [4.78, 5) is 11.5. The third kappa shape index (κ3) is 2.39. The van der Waals surface area contributed by atoms with Gasteiger partial charge in [-0.15, -0.1) is 11.6 Å². The first-order valence-corrected chi connectivity index (χ1v) is 7.73. The first kappa shape index (κ1) is 13.7.